The van der Waals surface area contributed by atoms with Gasteiger partial charge in [0.15, 0.2) is 11.5 Å². The smallest absolute Gasteiger partial charge is 0.475 e. The Balaban J connectivity index is 0.000000470. The highest BCUT2D eigenvalue weighted by Gasteiger charge is 2.38. The summed E-state index contributed by atoms with van der Waals surface area (Å²) in [6.45, 7) is 1.05. The number of aromatic nitrogens is 7. The van der Waals surface area contributed by atoms with Crippen molar-refractivity contribution < 1.29 is 28.2 Å². The fourth-order valence-corrected chi connectivity index (χ4v) is 4.41. The van der Waals surface area contributed by atoms with Crippen molar-refractivity contribution in [1.82, 2.24) is 34.7 Å². The Labute approximate surface area is 224 Å². The first kappa shape index (κ1) is 27.9. The average Bonchev–Trinajstić information content (AvgIpc) is 3.72. The van der Waals surface area contributed by atoms with Gasteiger partial charge in [0, 0.05) is 42.4 Å². The summed E-state index contributed by atoms with van der Waals surface area (Å²) in [6, 6.07) is 6.16. The molecule has 13 nitrogen and oxygen atoms in total. The summed E-state index contributed by atoms with van der Waals surface area (Å²) in [6.07, 6.45) is 4.57. The molecule has 0 unspecified atom stereocenters. The quantitative estimate of drug-likeness (QED) is 0.317. The SMILES string of the molecule is N#CC[C@@H]([C@H]1CCN(c2ncc(CO)nc2C#N)C1)n1cc(-c2ncnc3[nH]ccc23)cn1.O=C(O)C(F)(F)F. The molecule has 0 aromatic carbocycles. The number of nitriles is 2. The Hall–Kier alpha value is -5.09. The van der Waals surface area contributed by atoms with Crippen molar-refractivity contribution in [2.45, 2.75) is 31.7 Å². The molecule has 4 aromatic heterocycles. The number of aliphatic hydroxyl groups excluding tert-OH is 1. The normalized spacial score (nSPS) is 15.7. The zero-order valence-electron chi connectivity index (χ0n) is 20.6. The first-order chi connectivity index (χ1) is 19.2. The number of carboxylic acids is 1. The highest BCUT2D eigenvalue weighted by molar-refractivity contribution is 5.90. The van der Waals surface area contributed by atoms with Crippen LogP contribution >= 0.6 is 0 Å². The van der Waals surface area contributed by atoms with E-state index in [2.05, 4.69) is 42.2 Å². The van der Waals surface area contributed by atoms with Crippen LogP contribution in [0.4, 0.5) is 19.0 Å². The lowest BCUT2D eigenvalue weighted by Gasteiger charge is -2.23. The Kier molecular flexibility index (Phi) is 8.20. The Morgan fingerprint density at radius 3 is 2.70 bits per heavy atom. The maximum absolute atomic E-state index is 10.6. The second kappa shape index (κ2) is 11.7. The Bertz CT molecular complexity index is 1590. The van der Waals surface area contributed by atoms with E-state index in [1.807, 2.05) is 28.0 Å². The van der Waals surface area contributed by atoms with Crippen LogP contribution in [-0.2, 0) is 11.4 Å². The molecule has 4 aromatic rings. The van der Waals surface area contributed by atoms with Crippen LogP contribution in [0, 0.1) is 28.6 Å². The number of hydrogen-bond acceptors (Lipinski definition) is 10. The molecule has 0 aliphatic carbocycles. The van der Waals surface area contributed by atoms with E-state index in [1.165, 1.54) is 12.5 Å². The first-order valence-corrected chi connectivity index (χ1v) is 11.8. The van der Waals surface area contributed by atoms with Gasteiger partial charge >= 0.3 is 12.1 Å². The van der Waals surface area contributed by atoms with Crippen molar-refractivity contribution in [2.75, 3.05) is 18.0 Å². The molecule has 1 aliphatic rings. The van der Waals surface area contributed by atoms with E-state index in [4.69, 9.17) is 9.90 Å². The van der Waals surface area contributed by atoms with Gasteiger partial charge in [0.05, 0.1) is 48.9 Å². The molecule has 0 radical (unpaired) electrons. The summed E-state index contributed by atoms with van der Waals surface area (Å²) >= 11 is 0. The highest BCUT2D eigenvalue weighted by atomic mass is 19.4. The molecule has 206 valence electrons. The summed E-state index contributed by atoms with van der Waals surface area (Å²) in [7, 11) is 0. The second-order valence-electron chi connectivity index (χ2n) is 8.70. The first-order valence-electron chi connectivity index (χ1n) is 11.8. The predicted molar refractivity (Wildman–Crippen MR) is 131 cm³/mol. The van der Waals surface area contributed by atoms with Gasteiger partial charge in [0.1, 0.15) is 18.0 Å². The molecule has 1 aliphatic heterocycles. The van der Waals surface area contributed by atoms with Crippen molar-refractivity contribution in [1.29, 1.82) is 10.5 Å². The van der Waals surface area contributed by atoms with Crippen LogP contribution in [0.2, 0.25) is 0 Å². The van der Waals surface area contributed by atoms with Crippen LogP contribution in [0.25, 0.3) is 22.3 Å². The number of rotatable bonds is 6. The number of carboxylic acid groups (broad SMARTS) is 1. The number of H-pyrrole nitrogens is 1. The number of nitrogens with one attached hydrogen (secondary N) is 1. The van der Waals surface area contributed by atoms with Gasteiger partial charge in [-0.2, -0.15) is 28.8 Å². The molecule has 5 heterocycles. The van der Waals surface area contributed by atoms with Crippen LogP contribution in [0.1, 0.15) is 30.3 Å². The number of carbonyl (C=O) groups is 1. The van der Waals surface area contributed by atoms with Gasteiger partial charge in [-0.1, -0.05) is 0 Å². The van der Waals surface area contributed by atoms with E-state index < -0.39 is 12.1 Å². The van der Waals surface area contributed by atoms with Gasteiger partial charge in [-0.15, -0.1) is 0 Å². The Morgan fingerprint density at radius 1 is 1.25 bits per heavy atom. The number of aliphatic carboxylic acids is 1. The molecule has 0 spiro atoms. The zero-order valence-corrected chi connectivity index (χ0v) is 20.6. The molecule has 40 heavy (non-hydrogen) atoms. The standard InChI is InChI=1S/C22H20N10O.C2HF3O2/c23-4-1-19(14-3-6-31(10-14)22-18(7-24)30-16(12-33)9-26-22)32-11-15(8-29-32)20-17-2-5-25-21(17)28-13-27-20;3-2(4,5)1(6)7/h2,5,8-9,11,13-14,19,33H,1,3,6,10,12H2,(H,25,27,28);(H,6,7)/t14-,19-;/m0./s1. The number of aliphatic hydroxyl groups is 1. The third-order valence-electron chi connectivity index (χ3n) is 6.25. The topological polar surface area (TPSA) is 194 Å². The summed E-state index contributed by atoms with van der Waals surface area (Å²) in [5.41, 5.74) is 2.96. The molecule has 1 fully saturated rings. The molecule has 0 bridgehead atoms. The lowest BCUT2D eigenvalue weighted by Crippen LogP contribution is -2.26. The van der Waals surface area contributed by atoms with E-state index in [1.54, 1.807) is 6.20 Å². The van der Waals surface area contributed by atoms with E-state index in [-0.39, 0.29) is 24.3 Å². The summed E-state index contributed by atoms with van der Waals surface area (Å²) in [5, 5.41) is 40.9. The van der Waals surface area contributed by atoms with Gasteiger partial charge in [-0.25, -0.2) is 24.7 Å². The van der Waals surface area contributed by atoms with Gasteiger partial charge in [0.25, 0.3) is 0 Å². The third kappa shape index (κ3) is 5.97. The van der Waals surface area contributed by atoms with Crippen molar-refractivity contribution in [3.8, 4) is 23.4 Å². The number of alkyl halides is 3. The van der Waals surface area contributed by atoms with Crippen LogP contribution in [0.3, 0.4) is 0 Å². The lowest BCUT2D eigenvalue weighted by molar-refractivity contribution is -0.192. The molecular weight excluding hydrogens is 533 g/mol. The summed E-state index contributed by atoms with van der Waals surface area (Å²) in [5.74, 6) is -2.11. The third-order valence-corrected chi connectivity index (χ3v) is 6.25. The molecule has 1 saturated heterocycles. The number of fused-ring (bicyclic) bond motifs is 1. The number of aromatic amines is 1. The fourth-order valence-electron chi connectivity index (χ4n) is 4.41. The molecule has 16 heteroatoms. The van der Waals surface area contributed by atoms with Crippen molar-refractivity contribution in [3.63, 3.8) is 0 Å². The maximum atomic E-state index is 10.6. The summed E-state index contributed by atoms with van der Waals surface area (Å²) < 4.78 is 33.6. The van der Waals surface area contributed by atoms with Crippen LogP contribution < -0.4 is 4.90 Å². The fraction of sp³-hybridized carbons (Fsp3) is 0.333. The van der Waals surface area contributed by atoms with Crippen molar-refractivity contribution in [2.24, 2.45) is 5.92 Å². The minimum absolute atomic E-state index is 0.132. The summed E-state index contributed by atoms with van der Waals surface area (Å²) in [4.78, 5) is 31.2. The molecule has 3 N–H and O–H groups in total. The van der Waals surface area contributed by atoms with Crippen molar-refractivity contribution >= 4 is 22.8 Å². The molecule has 2 atom stereocenters. The maximum Gasteiger partial charge on any atom is 0.490 e. The van der Waals surface area contributed by atoms with Gasteiger partial charge in [-0.3, -0.25) is 4.68 Å². The molecule has 5 rings (SSSR count). The Morgan fingerprint density at radius 2 is 2.02 bits per heavy atom. The van der Waals surface area contributed by atoms with Crippen LogP contribution in [0.15, 0.2) is 37.2 Å². The van der Waals surface area contributed by atoms with Crippen molar-refractivity contribution in [3.05, 3.63) is 48.6 Å². The number of hydrogen-bond donors (Lipinski definition) is 3. The minimum Gasteiger partial charge on any atom is -0.475 e. The monoisotopic (exact) mass is 554 g/mol. The zero-order chi connectivity index (χ0) is 28.9. The largest absolute Gasteiger partial charge is 0.490 e. The van der Waals surface area contributed by atoms with Gasteiger partial charge in [-0.05, 0) is 12.5 Å². The number of halogens is 3. The van der Waals surface area contributed by atoms with E-state index in [0.717, 1.165) is 28.7 Å². The molecule has 0 amide bonds. The molecular formula is C24H21F3N10O3. The predicted octanol–water partition coefficient (Wildman–Crippen LogP) is 2.59. The highest BCUT2D eigenvalue weighted by Crippen LogP contribution is 2.34. The van der Waals surface area contributed by atoms with E-state index in [9.17, 15) is 28.8 Å². The van der Waals surface area contributed by atoms with Crippen LogP contribution in [0.5, 0.6) is 0 Å². The van der Waals surface area contributed by atoms with Gasteiger partial charge in [0.2, 0.25) is 0 Å². The number of anilines is 1. The van der Waals surface area contributed by atoms with E-state index in [0.29, 0.717) is 31.0 Å². The average molecular weight is 554 g/mol. The van der Waals surface area contributed by atoms with Gasteiger partial charge < -0.3 is 20.1 Å². The molecule has 0 saturated carbocycles. The lowest BCUT2D eigenvalue weighted by atomic mass is 9.96. The van der Waals surface area contributed by atoms with Crippen LogP contribution in [-0.4, -0.2) is 70.1 Å². The second-order valence-corrected chi connectivity index (χ2v) is 8.70. The van der Waals surface area contributed by atoms with E-state index >= 15 is 0 Å². The number of nitrogens with zero attached hydrogens (tertiary/aromatic N) is 9. The minimum atomic E-state index is -5.08.